The van der Waals surface area contributed by atoms with Crippen LogP contribution >= 0.6 is 0 Å². The average Bonchev–Trinajstić information content (AvgIpc) is 2.67. The first-order valence-electron chi connectivity index (χ1n) is 8.77. The number of hydrogen-bond donors (Lipinski definition) is 1. The molecule has 2 aliphatic heterocycles. The molecule has 0 bridgehead atoms. The Hall–Kier alpha value is -3.09. The Morgan fingerprint density at radius 3 is 2.37 bits per heavy atom. The number of carbonyl (C=O) groups is 1. The van der Waals surface area contributed by atoms with E-state index in [1.165, 1.54) is 12.4 Å². The number of halogens is 4. The maximum Gasteiger partial charge on any atom is 0.490 e. The normalized spacial score (nSPS) is 20.0. The molecular weight excluding hydrogens is 414 g/mol. The summed E-state index contributed by atoms with van der Waals surface area (Å²) in [6, 6.07) is 2.15. The Labute approximate surface area is 167 Å². The highest BCUT2D eigenvalue weighted by Gasteiger charge is 2.49. The molecule has 0 aromatic carbocycles. The van der Waals surface area contributed by atoms with Crippen LogP contribution in [0.5, 0.6) is 6.01 Å². The van der Waals surface area contributed by atoms with E-state index < -0.39 is 18.0 Å². The summed E-state index contributed by atoms with van der Waals surface area (Å²) in [6.45, 7) is 1.98. The maximum atomic E-state index is 12.9. The van der Waals surface area contributed by atoms with Gasteiger partial charge in [-0.15, -0.1) is 0 Å². The van der Waals surface area contributed by atoms with Crippen LogP contribution < -0.4 is 9.64 Å². The molecule has 2 fully saturated rings. The van der Waals surface area contributed by atoms with Gasteiger partial charge in [0.25, 0.3) is 0 Å². The predicted molar refractivity (Wildman–Crippen MR) is 92.3 cm³/mol. The van der Waals surface area contributed by atoms with Crippen LogP contribution in [0.2, 0.25) is 0 Å². The Balaban J connectivity index is 0.000000318. The lowest BCUT2D eigenvalue weighted by Gasteiger charge is -2.52. The van der Waals surface area contributed by atoms with Crippen molar-refractivity contribution in [2.75, 3.05) is 24.6 Å². The molecule has 2 aromatic heterocycles. The minimum atomic E-state index is -5.08. The number of hydrogen-bond acceptors (Lipinski definition) is 8. The zero-order valence-corrected chi connectivity index (χ0v) is 15.4. The number of carboxylic acids is 1. The fourth-order valence-corrected chi connectivity index (χ4v) is 3.06. The van der Waals surface area contributed by atoms with Crippen LogP contribution in [0.1, 0.15) is 12.8 Å². The summed E-state index contributed by atoms with van der Waals surface area (Å²) < 4.78 is 56.4. The van der Waals surface area contributed by atoms with Crippen LogP contribution in [0.3, 0.4) is 0 Å². The molecule has 30 heavy (non-hydrogen) atoms. The lowest BCUT2D eigenvalue weighted by atomic mass is 9.85. The van der Waals surface area contributed by atoms with Crippen LogP contribution in [0.25, 0.3) is 0 Å². The van der Waals surface area contributed by atoms with E-state index >= 15 is 0 Å². The molecule has 0 aliphatic carbocycles. The van der Waals surface area contributed by atoms with Gasteiger partial charge in [-0.1, -0.05) is 0 Å². The van der Waals surface area contributed by atoms with E-state index in [0.717, 1.165) is 12.8 Å². The molecular formula is C17H17F4N5O4. The van der Waals surface area contributed by atoms with Gasteiger partial charge in [0.05, 0.1) is 32.1 Å². The van der Waals surface area contributed by atoms with Gasteiger partial charge in [0.2, 0.25) is 5.95 Å². The van der Waals surface area contributed by atoms with Crippen molar-refractivity contribution in [1.82, 2.24) is 19.9 Å². The molecule has 4 rings (SSSR count). The molecule has 13 heteroatoms. The third kappa shape index (κ3) is 5.49. The van der Waals surface area contributed by atoms with Crippen molar-refractivity contribution in [3.05, 3.63) is 36.7 Å². The number of alkyl halides is 3. The van der Waals surface area contributed by atoms with Gasteiger partial charge >= 0.3 is 18.2 Å². The quantitative estimate of drug-likeness (QED) is 0.728. The molecule has 2 aromatic rings. The largest absolute Gasteiger partial charge is 0.490 e. The van der Waals surface area contributed by atoms with Crippen LogP contribution in [0, 0.1) is 5.82 Å². The number of ether oxygens (including phenoxy) is 2. The van der Waals surface area contributed by atoms with Crippen molar-refractivity contribution in [2.24, 2.45) is 0 Å². The standard InChI is InChI=1S/C15H16FN5O2.C2HF3O2/c16-11-7-19-13(20-8-11)21-9-15(10-21)6-12(2-5-22-15)23-14-17-3-1-4-18-14;3-2(4,5)1(6)7/h1,3-4,7-8,12H,2,5-6,9-10H2;(H,6,7). The fourth-order valence-electron chi connectivity index (χ4n) is 3.06. The van der Waals surface area contributed by atoms with Gasteiger partial charge < -0.3 is 19.5 Å². The van der Waals surface area contributed by atoms with Gasteiger partial charge in [-0.3, -0.25) is 0 Å². The molecule has 0 radical (unpaired) electrons. The highest BCUT2D eigenvalue weighted by atomic mass is 19.4. The van der Waals surface area contributed by atoms with Crippen LogP contribution in [0.4, 0.5) is 23.5 Å². The number of nitrogens with zero attached hydrogens (tertiary/aromatic N) is 5. The molecule has 1 N–H and O–H groups in total. The number of anilines is 1. The zero-order chi connectivity index (χ0) is 21.8. The Kier molecular flexibility index (Phi) is 6.29. The lowest BCUT2D eigenvalue weighted by Crippen LogP contribution is -2.66. The molecule has 1 unspecified atom stereocenters. The van der Waals surface area contributed by atoms with Crippen molar-refractivity contribution >= 4 is 11.9 Å². The molecule has 2 aliphatic rings. The fraction of sp³-hybridized carbons (Fsp3) is 0.471. The maximum absolute atomic E-state index is 12.9. The molecule has 4 heterocycles. The molecule has 1 atom stereocenters. The summed E-state index contributed by atoms with van der Waals surface area (Å²) in [5.41, 5.74) is -0.255. The second kappa shape index (κ2) is 8.73. The smallest absolute Gasteiger partial charge is 0.475 e. The van der Waals surface area contributed by atoms with E-state index in [1.54, 1.807) is 18.5 Å². The number of aliphatic carboxylic acids is 1. The van der Waals surface area contributed by atoms with Gasteiger partial charge in [0.1, 0.15) is 11.7 Å². The van der Waals surface area contributed by atoms with Crippen molar-refractivity contribution in [3.63, 3.8) is 0 Å². The summed E-state index contributed by atoms with van der Waals surface area (Å²) in [5.74, 6) is -2.67. The third-order valence-electron chi connectivity index (χ3n) is 4.35. The third-order valence-corrected chi connectivity index (χ3v) is 4.35. The first-order valence-corrected chi connectivity index (χ1v) is 8.77. The second-order valence-electron chi connectivity index (χ2n) is 6.66. The molecule has 0 saturated carbocycles. The molecule has 1 spiro atoms. The van der Waals surface area contributed by atoms with Crippen LogP contribution in [-0.4, -0.2) is 68.6 Å². The molecule has 2 saturated heterocycles. The highest BCUT2D eigenvalue weighted by Crippen LogP contribution is 2.36. The van der Waals surface area contributed by atoms with Crippen molar-refractivity contribution in [3.8, 4) is 6.01 Å². The van der Waals surface area contributed by atoms with Gasteiger partial charge in [-0.25, -0.2) is 29.1 Å². The van der Waals surface area contributed by atoms with Gasteiger partial charge in [0.15, 0.2) is 5.82 Å². The first-order chi connectivity index (χ1) is 14.2. The molecule has 0 amide bonds. The van der Waals surface area contributed by atoms with Crippen molar-refractivity contribution in [2.45, 2.75) is 30.7 Å². The Morgan fingerprint density at radius 1 is 1.20 bits per heavy atom. The second-order valence-corrected chi connectivity index (χ2v) is 6.66. The lowest BCUT2D eigenvalue weighted by molar-refractivity contribution is -0.192. The molecule has 9 nitrogen and oxygen atoms in total. The van der Waals surface area contributed by atoms with Crippen molar-refractivity contribution < 1.29 is 36.9 Å². The topological polar surface area (TPSA) is 111 Å². The first kappa shape index (κ1) is 21.6. The van der Waals surface area contributed by atoms with Crippen LogP contribution in [-0.2, 0) is 9.53 Å². The minimum Gasteiger partial charge on any atom is -0.475 e. The minimum absolute atomic E-state index is 0.0300. The van der Waals surface area contributed by atoms with Crippen molar-refractivity contribution in [1.29, 1.82) is 0 Å². The van der Waals surface area contributed by atoms with E-state index in [2.05, 4.69) is 19.9 Å². The van der Waals surface area contributed by atoms with Gasteiger partial charge in [-0.2, -0.15) is 13.2 Å². The van der Waals surface area contributed by atoms with E-state index in [-0.39, 0.29) is 11.7 Å². The summed E-state index contributed by atoms with van der Waals surface area (Å²) in [4.78, 5) is 27.1. The summed E-state index contributed by atoms with van der Waals surface area (Å²) in [7, 11) is 0. The molecule has 162 valence electrons. The highest BCUT2D eigenvalue weighted by molar-refractivity contribution is 5.73. The van der Waals surface area contributed by atoms with E-state index in [4.69, 9.17) is 19.4 Å². The predicted octanol–water partition coefficient (Wildman–Crippen LogP) is 1.86. The average molecular weight is 431 g/mol. The monoisotopic (exact) mass is 431 g/mol. The Morgan fingerprint density at radius 2 is 1.80 bits per heavy atom. The van der Waals surface area contributed by atoms with Gasteiger partial charge in [-0.05, 0) is 6.07 Å². The summed E-state index contributed by atoms with van der Waals surface area (Å²) >= 11 is 0. The van der Waals surface area contributed by atoms with E-state index in [0.29, 0.717) is 31.7 Å². The number of carboxylic acid groups (broad SMARTS) is 1. The van der Waals surface area contributed by atoms with E-state index in [9.17, 15) is 17.6 Å². The SMILES string of the molecule is Fc1cnc(N2CC3(CC(Oc4ncccn4)CCO3)C2)nc1.O=C(O)C(F)(F)F. The van der Waals surface area contributed by atoms with Gasteiger partial charge in [0, 0.05) is 25.2 Å². The van der Waals surface area contributed by atoms with Crippen LogP contribution in [0.15, 0.2) is 30.9 Å². The number of rotatable bonds is 3. The van der Waals surface area contributed by atoms with E-state index in [1.807, 2.05) is 4.90 Å². The zero-order valence-electron chi connectivity index (χ0n) is 15.4. The Bertz CT molecular complexity index is 847. The summed E-state index contributed by atoms with van der Waals surface area (Å²) in [6.07, 6.45) is 2.20. The number of aromatic nitrogens is 4. The summed E-state index contributed by atoms with van der Waals surface area (Å²) in [5, 5.41) is 7.12.